The van der Waals surface area contributed by atoms with Crippen molar-refractivity contribution in [2.24, 2.45) is 5.92 Å². The van der Waals surface area contributed by atoms with Gasteiger partial charge in [0.15, 0.2) is 0 Å². The lowest BCUT2D eigenvalue weighted by Crippen LogP contribution is -2.41. The fourth-order valence-electron chi connectivity index (χ4n) is 5.47. The maximum Gasteiger partial charge on any atom is 0.416 e. The number of carbonyl (C=O) groups excluding carboxylic acids is 1. The van der Waals surface area contributed by atoms with Crippen molar-refractivity contribution in [3.63, 3.8) is 0 Å². The first kappa shape index (κ1) is 29.2. The van der Waals surface area contributed by atoms with Crippen LogP contribution in [0.4, 0.5) is 24.5 Å². The quantitative estimate of drug-likeness (QED) is 0.277. The Morgan fingerprint density at radius 3 is 2.40 bits per heavy atom. The molecule has 5 nitrogen and oxygen atoms in total. The Hall–Kier alpha value is -4.35. The van der Waals surface area contributed by atoms with Crippen LogP contribution in [0.5, 0.6) is 0 Å². The smallest absolute Gasteiger partial charge is 0.380 e. The van der Waals surface area contributed by atoms with Gasteiger partial charge in [0, 0.05) is 11.4 Å². The number of nitriles is 1. The summed E-state index contributed by atoms with van der Waals surface area (Å²) in [5.41, 5.74) is 0.0468. The van der Waals surface area contributed by atoms with Gasteiger partial charge in [-0.3, -0.25) is 4.79 Å². The van der Waals surface area contributed by atoms with E-state index in [4.69, 9.17) is 0 Å². The molecule has 2 aliphatic rings. The molecule has 3 aromatic rings. The van der Waals surface area contributed by atoms with E-state index in [0.29, 0.717) is 41.3 Å². The molecule has 0 aromatic heterocycles. The number of carbonyl (C=O) groups is 1. The molecule has 1 saturated carbocycles. The molecule has 42 heavy (non-hydrogen) atoms. The highest BCUT2D eigenvalue weighted by Crippen LogP contribution is 2.42. The van der Waals surface area contributed by atoms with E-state index in [2.05, 4.69) is 5.32 Å². The van der Waals surface area contributed by atoms with Crippen LogP contribution in [0.3, 0.4) is 0 Å². The molecule has 1 aliphatic carbocycles. The Kier molecular flexibility index (Phi) is 8.24. The molecular formula is C34H32F3N3O2. The van der Waals surface area contributed by atoms with Crippen LogP contribution >= 0.6 is 0 Å². The molecule has 216 valence electrons. The average Bonchev–Trinajstić information content (AvgIpc) is 3.84. The molecular weight excluding hydrogens is 539 g/mol. The van der Waals surface area contributed by atoms with Crippen LogP contribution in [-0.2, 0) is 10.4 Å². The third-order valence-electron chi connectivity index (χ3n) is 7.95. The summed E-state index contributed by atoms with van der Waals surface area (Å²) in [5.74, 6) is -0.140. The summed E-state index contributed by atoms with van der Waals surface area (Å²) in [6.45, 7) is 1.74. The predicted octanol–water partition coefficient (Wildman–Crippen LogP) is 7.59. The number of nitrogens with zero attached hydrogens (tertiary/aromatic N) is 2. The van der Waals surface area contributed by atoms with Gasteiger partial charge >= 0.3 is 6.18 Å². The number of aliphatic hydroxyl groups is 1. The maximum atomic E-state index is 13.9. The molecule has 2 unspecified atom stereocenters. The van der Waals surface area contributed by atoms with Gasteiger partial charge in [-0.15, -0.1) is 0 Å². The van der Waals surface area contributed by atoms with Gasteiger partial charge in [-0.1, -0.05) is 68.3 Å². The molecule has 1 heterocycles. The van der Waals surface area contributed by atoms with E-state index in [1.807, 2.05) is 36.4 Å². The normalized spacial score (nSPS) is 18.4. The van der Waals surface area contributed by atoms with E-state index in [1.54, 1.807) is 55.5 Å². The number of amides is 1. The van der Waals surface area contributed by atoms with Crippen molar-refractivity contribution in [1.82, 2.24) is 0 Å². The highest BCUT2D eigenvalue weighted by atomic mass is 19.4. The summed E-state index contributed by atoms with van der Waals surface area (Å²) >= 11 is 0. The number of nitrogens with one attached hydrogen (secondary N) is 1. The first-order valence-corrected chi connectivity index (χ1v) is 14.1. The molecule has 0 saturated heterocycles. The second kappa shape index (κ2) is 11.9. The highest BCUT2D eigenvalue weighted by molar-refractivity contribution is 6.07. The van der Waals surface area contributed by atoms with Gasteiger partial charge < -0.3 is 15.3 Å². The molecule has 0 spiro atoms. The number of anilines is 2. The molecule has 3 aromatic carbocycles. The lowest BCUT2D eigenvalue weighted by molar-refractivity contribution is -0.113. The molecule has 5 rings (SSSR count). The summed E-state index contributed by atoms with van der Waals surface area (Å²) < 4.78 is 41.7. The van der Waals surface area contributed by atoms with Crippen molar-refractivity contribution < 1.29 is 23.1 Å². The molecule has 1 amide bonds. The van der Waals surface area contributed by atoms with Gasteiger partial charge in [0.2, 0.25) is 0 Å². The molecule has 1 fully saturated rings. The van der Waals surface area contributed by atoms with Crippen LogP contribution in [0.25, 0.3) is 0 Å². The summed E-state index contributed by atoms with van der Waals surface area (Å²) in [6.07, 6.45) is 1.26. The number of allylic oxidation sites excluding steroid dienone is 2. The first-order valence-electron chi connectivity index (χ1n) is 14.1. The number of hydrogen-bond acceptors (Lipinski definition) is 4. The Morgan fingerprint density at radius 2 is 1.74 bits per heavy atom. The second-order valence-corrected chi connectivity index (χ2v) is 10.9. The van der Waals surface area contributed by atoms with Crippen molar-refractivity contribution in [3.05, 3.63) is 119 Å². The maximum absolute atomic E-state index is 13.9. The van der Waals surface area contributed by atoms with Gasteiger partial charge in [-0.05, 0) is 78.8 Å². The summed E-state index contributed by atoms with van der Waals surface area (Å²) in [5, 5.41) is 24.2. The topological polar surface area (TPSA) is 76.4 Å². The van der Waals surface area contributed by atoms with Crippen molar-refractivity contribution in [1.29, 1.82) is 5.26 Å². The zero-order chi connectivity index (χ0) is 29.9. The third kappa shape index (κ3) is 6.27. The Bertz CT molecular complexity index is 1550. The van der Waals surface area contributed by atoms with Crippen LogP contribution in [0.2, 0.25) is 0 Å². The van der Waals surface area contributed by atoms with Crippen molar-refractivity contribution in [3.8, 4) is 6.07 Å². The SMILES string of the molecule is CCC1C=C(C(F)(F)F)C=C(C(=O)Nc2cccc(C(O)(CCC3CC3)c3ccccc3)c2)N1c1cccc(C#N)c1. The number of benzene rings is 3. The standard InChI is InChI=1S/C34H32F3N3O2/c1-2-29-20-27(34(35,36)37)21-31(40(29)30-13-6-8-24(18-30)22-38)32(41)39-28-12-7-11-26(19-28)33(42,17-16-23-14-15-23)25-9-4-3-5-10-25/h3-13,18-21,23,29,42H,2,14-17H2,1H3,(H,39,41). The number of hydrogen-bond donors (Lipinski definition) is 2. The Morgan fingerprint density at radius 1 is 1.02 bits per heavy atom. The highest BCUT2D eigenvalue weighted by Gasteiger charge is 2.39. The molecule has 0 radical (unpaired) electrons. The fourth-order valence-corrected chi connectivity index (χ4v) is 5.47. The van der Waals surface area contributed by atoms with Gasteiger partial charge in [0.25, 0.3) is 5.91 Å². The van der Waals surface area contributed by atoms with Crippen LogP contribution in [0.15, 0.2) is 102 Å². The zero-order valence-electron chi connectivity index (χ0n) is 23.2. The van der Waals surface area contributed by atoms with Gasteiger partial charge in [-0.2, -0.15) is 18.4 Å². The Balaban J connectivity index is 1.50. The van der Waals surface area contributed by atoms with E-state index in [9.17, 15) is 28.3 Å². The monoisotopic (exact) mass is 571 g/mol. The molecule has 2 atom stereocenters. The van der Waals surface area contributed by atoms with Gasteiger partial charge in [-0.25, -0.2) is 0 Å². The minimum absolute atomic E-state index is 0.191. The predicted molar refractivity (Wildman–Crippen MR) is 156 cm³/mol. The summed E-state index contributed by atoms with van der Waals surface area (Å²) in [6, 6.07) is 23.9. The minimum atomic E-state index is -4.65. The van der Waals surface area contributed by atoms with Crippen LogP contribution in [-0.4, -0.2) is 23.2 Å². The molecule has 0 bridgehead atoms. The van der Waals surface area contributed by atoms with E-state index in [0.717, 1.165) is 37.0 Å². The largest absolute Gasteiger partial charge is 0.416 e. The molecule has 1 aliphatic heterocycles. The first-order chi connectivity index (χ1) is 20.1. The summed E-state index contributed by atoms with van der Waals surface area (Å²) in [4.78, 5) is 15.3. The van der Waals surface area contributed by atoms with Crippen molar-refractivity contribution >= 4 is 17.3 Å². The molecule has 2 N–H and O–H groups in total. The summed E-state index contributed by atoms with van der Waals surface area (Å²) in [7, 11) is 0. The van der Waals surface area contributed by atoms with Gasteiger partial charge in [0.1, 0.15) is 11.3 Å². The minimum Gasteiger partial charge on any atom is -0.380 e. The lowest BCUT2D eigenvalue weighted by Gasteiger charge is -2.36. The molecule has 8 heteroatoms. The number of halogens is 3. The zero-order valence-corrected chi connectivity index (χ0v) is 23.2. The third-order valence-corrected chi connectivity index (χ3v) is 7.95. The number of rotatable bonds is 9. The van der Waals surface area contributed by atoms with E-state index >= 15 is 0 Å². The average molecular weight is 572 g/mol. The lowest BCUT2D eigenvalue weighted by atomic mass is 9.82. The number of alkyl halides is 3. The van der Waals surface area contributed by atoms with Crippen LogP contribution < -0.4 is 10.2 Å². The van der Waals surface area contributed by atoms with Gasteiger partial charge in [0.05, 0.1) is 23.2 Å². The fraction of sp³-hybridized carbons (Fsp3) is 0.294. The van der Waals surface area contributed by atoms with Crippen molar-refractivity contribution in [2.75, 3.05) is 10.2 Å². The van der Waals surface area contributed by atoms with E-state index in [1.165, 1.54) is 4.90 Å². The second-order valence-electron chi connectivity index (χ2n) is 10.9. The van der Waals surface area contributed by atoms with E-state index in [-0.39, 0.29) is 5.70 Å². The Labute approximate surface area is 243 Å². The van der Waals surface area contributed by atoms with Crippen LogP contribution in [0.1, 0.15) is 55.7 Å². The van der Waals surface area contributed by atoms with Crippen molar-refractivity contribution in [2.45, 2.75) is 56.8 Å². The van der Waals surface area contributed by atoms with E-state index < -0.39 is 29.3 Å². The van der Waals surface area contributed by atoms with Crippen LogP contribution in [0, 0.1) is 17.2 Å².